The van der Waals surface area contributed by atoms with E-state index >= 15 is 0 Å². The SMILES string of the molecule is O=C(Cc1csc(COc2ccc(Cl)cc2)n1)Nc1cnc(-c2ccccc2)nc1. The van der Waals surface area contributed by atoms with Crippen molar-refractivity contribution in [2.45, 2.75) is 13.0 Å². The highest BCUT2D eigenvalue weighted by atomic mass is 35.5. The van der Waals surface area contributed by atoms with Gasteiger partial charge in [0, 0.05) is 16.0 Å². The number of nitrogens with zero attached hydrogens (tertiary/aromatic N) is 3. The molecule has 1 N–H and O–H groups in total. The number of hydrogen-bond acceptors (Lipinski definition) is 6. The Labute approximate surface area is 182 Å². The van der Waals surface area contributed by atoms with Gasteiger partial charge in [-0.2, -0.15) is 0 Å². The molecule has 0 spiro atoms. The molecule has 0 saturated carbocycles. The van der Waals surface area contributed by atoms with Crippen LogP contribution in [-0.4, -0.2) is 20.9 Å². The molecule has 0 atom stereocenters. The number of ether oxygens (including phenoxy) is 1. The molecule has 8 heteroatoms. The number of thiazole rings is 1. The Morgan fingerprint density at radius 2 is 1.77 bits per heavy atom. The number of hydrogen-bond donors (Lipinski definition) is 1. The van der Waals surface area contributed by atoms with Gasteiger partial charge in [0.05, 0.1) is 30.2 Å². The first kappa shape index (κ1) is 20.0. The molecule has 6 nitrogen and oxygen atoms in total. The van der Waals surface area contributed by atoms with Gasteiger partial charge in [0.1, 0.15) is 17.4 Å². The first-order chi connectivity index (χ1) is 14.7. The molecule has 30 heavy (non-hydrogen) atoms. The molecule has 2 aromatic heterocycles. The Morgan fingerprint density at radius 3 is 2.50 bits per heavy atom. The Hall–Kier alpha value is -3.29. The molecule has 4 rings (SSSR count). The van der Waals surface area contributed by atoms with Crippen molar-refractivity contribution in [3.63, 3.8) is 0 Å². The van der Waals surface area contributed by atoms with Crippen molar-refractivity contribution in [2.24, 2.45) is 0 Å². The van der Waals surface area contributed by atoms with Crippen molar-refractivity contribution < 1.29 is 9.53 Å². The summed E-state index contributed by atoms with van der Waals surface area (Å²) in [4.78, 5) is 25.4. The van der Waals surface area contributed by atoms with Crippen molar-refractivity contribution in [3.8, 4) is 17.1 Å². The topological polar surface area (TPSA) is 77.0 Å². The summed E-state index contributed by atoms with van der Waals surface area (Å²) < 4.78 is 5.68. The second-order valence-corrected chi connectivity index (χ2v) is 7.74. The third-order valence-corrected chi connectivity index (χ3v) is 5.21. The minimum Gasteiger partial charge on any atom is -0.486 e. The Bertz CT molecular complexity index is 1120. The van der Waals surface area contributed by atoms with Crippen LogP contribution in [0.5, 0.6) is 5.75 Å². The number of aromatic nitrogens is 3. The summed E-state index contributed by atoms with van der Waals surface area (Å²) >= 11 is 7.32. The fraction of sp³-hybridized carbons (Fsp3) is 0.0909. The average Bonchev–Trinajstić information content (AvgIpc) is 3.21. The molecule has 0 unspecified atom stereocenters. The molecular formula is C22H17ClN4O2S. The molecule has 0 saturated heterocycles. The number of benzene rings is 2. The summed E-state index contributed by atoms with van der Waals surface area (Å²) in [6.07, 6.45) is 3.36. The lowest BCUT2D eigenvalue weighted by atomic mass is 10.2. The molecular weight excluding hydrogens is 420 g/mol. The van der Waals surface area contributed by atoms with Crippen LogP contribution in [-0.2, 0) is 17.8 Å². The number of rotatable bonds is 7. The van der Waals surface area contributed by atoms with Gasteiger partial charge in [-0.05, 0) is 24.3 Å². The van der Waals surface area contributed by atoms with E-state index in [4.69, 9.17) is 16.3 Å². The van der Waals surface area contributed by atoms with Crippen molar-refractivity contribution in [3.05, 3.63) is 88.1 Å². The van der Waals surface area contributed by atoms with E-state index in [9.17, 15) is 4.79 Å². The van der Waals surface area contributed by atoms with E-state index in [1.807, 2.05) is 35.7 Å². The number of carbonyl (C=O) groups is 1. The summed E-state index contributed by atoms with van der Waals surface area (Å²) in [7, 11) is 0. The van der Waals surface area contributed by atoms with Gasteiger partial charge in [0.15, 0.2) is 5.82 Å². The van der Waals surface area contributed by atoms with E-state index < -0.39 is 0 Å². The van der Waals surface area contributed by atoms with E-state index in [-0.39, 0.29) is 12.3 Å². The first-order valence-corrected chi connectivity index (χ1v) is 10.4. The normalized spacial score (nSPS) is 10.6. The second-order valence-electron chi connectivity index (χ2n) is 6.36. The Balaban J connectivity index is 1.29. The number of anilines is 1. The smallest absolute Gasteiger partial charge is 0.230 e. The fourth-order valence-corrected chi connectivity index (χ4v) is 3.50. The molecule has 0 aliphatic heterocycles. The van der Waals surface area contributed by atoms with Gasteiger partial charge in [-0.3, -0.25) is 4.79 Å². The minimum absolute atomic E-state index is 0.165. The van der Waals surface area contributed by atoms with E-state index in [2.05, 4.69) is 20.3 Å². The Morgan fingerprint density at radius 1 is 1.03 bits per heavy atom. The van der Waals surface area contributed by atoms with E-state index in [1.165, 1.54) is 11.3 Å². The van der Waals surface area contributed by atoms with Crippen LogP contribution in [0.25, 0.3) is 11.4 Å². The molecule has 2 heterocycles. The predicted molar refractivity (Wildman–Crippen MR) is 118 cm³/mol. The zero-order chi connectivity index (χ0) is 20.8. The van der Waals surface area contributed by atoms with Gasteiger partial charge < -0.3 is 10.1 Å². The van der Waals surface area contributed by atoms with Crippen LogP contribution in [0.3, 0.4) is 0 Å². The van der Waals surface area contributed by atoms with Crippen LogP contribution in [0.2, 0.25) is 5.02 Å². The highest BCUT2D eigenvalue weighted by molar-refractivity contribution is 7.09. The van der Waals surface area contributed by atoms with Gasteiger partial charge >= 0.3 is 0 Å². The van der Waals surface area contributed by atoms with Gasteiger partial charge in [-0.15, -0.1) is 11.3 Å². The van der Waals surface area contributed by atoms with E-state index in [1.54, 1.807) is 36.7 Å². The minimum atomic E-state index is -0.179. The molecule has 0 radical (unpaired) electrons. The maximum Gasteiger partial charge on any atom is 0.230 e. The summed E-state index contributed by atoms with van der Waals surface area (Å²) in [6.45, 7) is 0.336. The molecule has 4 aromatic rings. The van der Waals surface area contributed by atoms with Crippen molar-refractivity contribution in [2.75, 3.05) is 5.32 Å². The maximum absolute atomic E-state index is 12.3. The van der Waals surface area contributed by atoms with Crippen LogP contribution < -0.4 is 10.1 Å². The molecule has 0 aliphatic carbocycles. The summed E-state index contributed by atoms with van der Waals surface area (Å²) in [5.41, 5.74) is 2.15. The lowest BCUT2D eigenvalue weighted by Crippen LogP contribution is -2.15. The largest absolute Gasteiger partial charge is 0.486 e. The summed E-state index contributed by atoms with van der Waals surface area (Å²) in [5.74, 6) is 1.15. The monoisotopic (exact) mass is 436 g/mol. The third-order valence-electron chi connectivity index (χ3n) is 4.08. The zero-order valence-corrected chi connectivity index (χ0v) is 17.4. The average molecular weight is 437 g/mol. The van der Waals surface area contributed by atoms with Gasteiger partial charge in [-0.25, -0.2) is 15.0 Å². The zero-order valence-electron chi connectivity index (χ0n) is 15.8. The highest BCUT2D eigenvalue weighted by Crippen LogP contribution is 2.19. The predicted octanol–water partition coefficient (Wildman–Crippen LogP) is 5.01. The maximum atomic E-state index is 12.3. The molecule has 0 bridgehead atoms. The van der Waals surface area contributed by atoms with Crippen LogP contribution in [0.4, 0.5) is 5.69 Å². The fourth-order valence-electron chi connectivity index (χ4n) is 2.67. The highest BCUT2D eigenvalue weighted by Gasteiger charge is 2.10. The van der Waals surface area contributed by atoms with Gasteiger partial charge in [0.25, 0.3) is 0 Å². The van der Waals surface area contributed by atoms with Crippen molar-refractivity contribution in [1.82, 2.24) is 15.0 Å². The van der Waals surface area contributed by atoms with Crippen LogP contribution in [0, 0.1) is 0 Å². The molecule has 2 aromatic carbocycles. The quantitative estimate of drug-likeness (QED) is 0.440. The molecule has 0 aliphatic rings. The van der Waals surface area contributed by atoms with E-state index in [0.29, 0.717) is 34.6 Å². The third kappa shape index (κ3) is 5.40. The lowest BCUT2D eigenvalue weighted by molar-refractivity contribution is -0.115. The first-order valence-electron chi connectivity index (χ1n) is 9.15. The molecule has 1 amide bonds. The molecule has 0 fully saturated rings. The van der Waals surface area contributed by atoms with Gasteiger partial charge in [0.2, 0.25) is 5.91 Å². The standard InChI is InChI=1S/C22H17ClN4O2S/c23-16-6-8-19(9-7-16)29-13-21-27-17(14-30-21)10-20(28)26-18-11-24-22(25-12-18)15-4-2-1-3-5-15/h1-9,11-12,14H,10,13H2,(H,26,28). The Kier molecular flexibility index (Phi) is 6.32. The summed E-state index contributed by atoms with van der Waals surface area (Å²) in [6, 6.07) is 16.8. The number of carbonyl (C=O) groups excluding carboxylic acids is 1. The van der Waals surface area contributed by atoms with E-state index in [0.717, 1.165) is 10.6 Å². The summed E-state index contributed by atoms with van der Waals surface area (Å²) in [5, 5.41) is 6.11. The van der Waals surface area contributed by atoms with Crippen LogP contribution in [0.15, 0.2) is 72.4 Å². The van der Waals surface area contributed by atoms with Gasteiger partial charge in [-0.1, -0.05) is 41.9 Å². The van der Waals surface area contributed by atoms with Crippen molar-refractivity contribution >= 4 is 34.5 Å². The molecule has 150 valence electrons. The number of halogens is 1. The second kappa shape index (κ2) is 9.47. The van der Waals surface area contributed by atoms with Crippen molar-refractivity contribution in [1.29, 1.82) is 0 Å². The van der Waals surface area contributed by atoms with Crippen LogP contribution in [0.1, 0.15) is 10.7 Å². The van der Waals surface area contributed by atoms with Crippen LogP contribution >= 0.6 is 22.9 Å². The number of nitrogens with one attached hydrogen (secondary N) is 1. The number of amides is 1. The lowest BCUT2D eigenvalue weighted by Gasteiger charge is -2.05.